The minimum absolute atomic E-state index is 0.129. The molecule has 7 heteroatoms. The average molecular weight is 491 g/mol. The minimum Gasteiger partial charge on any atom is -0.457 e. The summed E-state index contributed by atoms with van der Waals surface area (Å²) in [6, 6.07) is 18.7. The Labute approximate surface area is 207 Å². The van der Waals surface area contributed by atoms with Gasteiger partial charge < -0.3 is 23.8 Å². The number of aromatic nitrogens is 2. The molecule has 35 heavy (non-hydrogen) atoms. The normalized spacial score (nSPS) is 11.8. The number of fused-ring (bicyclic) bond motifs is 1. The molecule has 0 aliphatic heterocycles. The Morgan fingerprint density at radius 2 is 1.71 bits per heavy atom. The van der Waals surface area contributed by atoms with E-state index in [1.165, 1.54) is 0 Å². The van der Waals surface area contributed by atoms with Crippen molar-refractivity contribution in [1.82, 2.24) is 9.55 Å². The Balaban J connectivity index is 1.81. The molecule has 184 valence electrons. The van der Waals surface area contributed by atoms with Crippen LogP contribution in [0.4, 0.5) is 0 Å². The number of rotatable bonds is 10. The van der Waals surface area contributed by atoms with Gasteiger partial charge in [0.2, 0.25) is 0 Å². The number of nitrogens with zero attached hydrogens (tertiary/aromatic N) is 1. The third-order valence-electron chi connectivity index (χ3n) is 6.05. The van der Waals surface area contributed by atoms with Gasteiger partial charge in [-0.2, -0.15) is 0 Å². The fourth-order valence-electron chi connectivity index (χ4n) is 4.17. The number of methoxy groups -OCH3 is 1. The Morgan fingerprint density at radius 3 is 2.43 bits per heavy atom. The predicted molar refractivity (Wildman–Crippen MR) is 144 cm³/mol. The van der Waals surface area contributed by atoms with Crippen LogP contribution in [-0.2, 0) is 22.8 Å². The third kappa shape index (κ3) is 5.75. The van der Waals surface area contributed by atoms with Gasteiger partial charge in [-0.3, -0.25) is 4.79 Å². The highest BCUT2D eigenvalue weighted by Crippen LogP contribution is 2.39. The van der Waals surface area contributed by atoms with E-state index < -0.39 is 8.07 Å². The SMILES string of the molecule is COCc1[nH]c(=O)c2c(C)n(COCC[Si](C)(C)C)cc2c1-c1ccccc1Oc1ccccc1. The summed E-state index contributed by atoms with van der Waals surface area (Å²) in [5.74, 6) is 1.46. The standard InChI is InChI=1S/C28H34N2O4Si/c1-20-26-23(17-30(20)19-33-15-16-35(3,4)5)27(24(18-32-2)29-28(26)31)22-13-9-10-14-25(22)34-21-11-7-6-8-12-21/h6-14,17H,15-16,18-19H2,1-5H3,(H,29,31). The number of pyridine rings is 1. The van der Waals surface area contributed by atoms with E-state index in [1.54, 1.807) is 7.11 Å². The van der Waals surface area contributed by atoms with Crippen LogP contribution in [0.25, 0.3) is 21.9 Å². The van der Waals surface area contributed by atoms with Crippen LogP contribution in [0.15, 0.2) is 65.6 Å². The summed E-state index contributed by atoms with van der Waals surface area (Å²) in [7, 11) is 0.451. The molecular formula is C28H34N2O4Si. The van der Waals surface area contributed by atoms with Crippen molar-refractivity contribution in [2.24, 2.45) is 0 Å². The van der Waals surface area contributed by atoms with Crippen molar-refractivity contribution < 1.29 is 14.2 Å². The van der Waals surface area contributed by atoms with Gasteiger partial charge in [0.1, 0.15) is 18.2 Å². The molecule has 0 aliphatic rings. The van der Waals surface area contributed by atoms with E-state index in [0.29, 0.717) is 23.6 Å². The molecule has 4 aromatic rings. The largest absolute Gasteiger partial charge is 0.457 e. The van der Waals surface area contributed by atoms with Gasteiger partial charge in [0.05, 0.1) is 17.7 Å². The Kier molecular flexibility index (Phi) is 7.59. The Bertz CT molecular complexity index is 1350. The first-order valence-electron chi connectivity index (χ1n) is 11.9. The summed E-state index contributed by atoms with van der Waals surface area (Å²) in [6.07, 6.45) is 2.02. The van der Waals surface area contributed by atoms with Gasteiger partial charge in [-0.1, -0.05) is 56.0 Å². The molecule has 0 saturated carbocycles. The molecule has 2 heterocycles. The number of para-hydroxylation sites is 2. The van der Waals surface area contributed by atoms with E-state index in [2.05, 4.69) is 24.6 Å². The quantitative estimate of drug-likeness (QED) is 0.202. The molecule has 0 spiro atoms. The highest BCUT2D eigenvalue weighted by molar-refractivity contribution is 6.76. The number of ether oxygens (including phenoxy) is 3. The fourth-order valence-corrected chi connectivity index (χ4v) is 4.93. The molecule has 6 nitrogen and oxygen atoms in total. The van der Waals surface area contributed by atoms with Gasteiger partial charge in [-0.15, -0.1) is 0 Å². The Hall–Kier alpha value is -3.13. The van der Waals surface area contributed by atoms with Crippen LogP contribution in [0.2, 0.25) is 25.7 Å². The van der Waals surface area contributed by atoms with Crippen molar-refractivity contribution in [3.05, 3.63) is 82.5 Å². The minimum atomic E-state index is -1.18. The molecule has 0 aliphatic carbocycles. The first-order chi connectivity index (χ1) is 16.8. The van der Waals surface area contributed by atoms with Gasteiger partial charge in [0, 0.05) is 50.2 Å². The molecule has 2 aromatic heterocycles. The maximum atomic E-state index is 13.1. The summed E-state index contributed by atoms with van der Waals surface area (Å²) < 4.78 is 19.8. The first kappa shape index (κ1) is 25.0. The number of H-pyrrole nitrogens is 1. The van der Waals surface area contributed by atoms with E-state index >= 15 is 0 Å². The van der Waals surface area contributed by atoms with Crippen LogP contribution in [0, 0.1) is 6.92 Å². The Morgan fingerprint density at radius 1 is 1.00 bits per heavy atom. The predicted octanol–water partition coefficient (Wildman–Crippen LogP) is 6.56. The average Bonchev–Trinajstić information content (AvgIpc) is 3.14. The first-order valence-corrected chi connectivity index (χ1v) is 15.6. The molecular weight excluding hydrogens is 456 g/mol. The van der Waals surface area contributed by atoms with Crippen molar-refractivity contribution in [2.45, 2.75) is 45.9 Å². The van der Waals surface area contributed by atoms with E-state index in [4.69, 9.17) is 14.2 Å². The summed E-state index contributed by atoms with van der Waals surface area (Å²) in [4.78, 5) is 16.2. The zero-order valence-corrected chi connectivity index (χ0v) is 22.2. The lowest BCUT2D eigenvalue weighted by Gasteiger charge is -2.16. The van der Waals surface area contributed by atoms with Crippen LogP contribution in [0.1, 0.15) is 11.4 Å². The maximum absolute atomic E-state index is 13.1. The summed E-state index contributed by atoms with van der Waals surface area (Å²) in [6.45, 7) is 10.4. The molecule has 1 N–H and O–H groups in total. The van der Waals surface area contributed by atoms with Gasteiger partial charge in [0.25, 0.3) is 5.56 Å². The smallest absolute Gasteiger partial charge is 0.257 e. The lowest BCUT2D eigenvalue weighted by Crippen LogP contribution is -2.22. The second kappa shape index (κ2) is 10.6. The summed E-state index contributed by atoms with van der Waals surface area (Å²) >= 11 is 0. The molecule has 0 amide bonds. The molecule has 0 atom stereocenters. The van der Waals surface area contributed by atoms with Gasteiger partial charge in [-0.25, -0.2) is 0 Å². The van der Waals surface area contributed by atoms with Crippen molar-refractivity contribution in [3.63, 3.8) is 0 Å². The zero-order valence-electron chi connectivity index (χ0n) is 21.2. The number of hydrogen-bond donors (Lipinski definition) is 1. The van der Waals surface area contributed by atoms with Crippen molar-refractivity contribution >= 4 is 18.8 Å². The highest BCUT2D eigenvalue weighted by Gasteiger charge is 2.21. The molecule has 0 bridgehead atoms. The van der Waals surface area contributed by atoms with Crippen LogP contribution in [0.3, 0.4) is 0 Å². The van der Waals surface area contributed by atoms with Gasteiger partial charge in [-0.05, 0) is 31.2 Å². The lowest BCUT2D eigenvalue weighted by molar-refractivity contribution is 0.0864. The van der Waals surface area contributed by atoms with Crippen LogP contribution >= 0.6 is 0 Å². The highest BCUT2D eigenvalue weighted by atomic mass is 28.3. The monoisotopic (exact) mass is 490 g/mol. The second-order valence-electron chi connectivity index (χ2n) is 9.97. The molecule has 0 unspecified atom stereocenters. The summed E-state index contributed by atoms with van der Waals surface area (Å²) in [5, 5.41) is 1.51. The number of nitrogens with one attached hydrogen (secondary N) is 1. The van der Waals surface area contributed by atoms with E-state index in [9.17, 15) is 4.79 Å². The zero-order chi connectivity index (χ0) is 25.0. The van der Waals surface area contributed by atoms with Gasteiger partial charge >= 0.3 is 0 Å². The molecule has 0 radical (unpaired) electrons. The number of aromatic amines is 1. The number of aryl methyl sites for hydroxylation is 1. The van der Waals surface area contributed by atoms with Crippen LogP contribution in [0.5, 0.6) is 11.5 Å². The maximum Gasteiger partial charge on any atom is 0.257 e. The number of hydrogen-bond acceptors (Lipinski definition) is 4. The third-order valence-corrected chi connectivity index (χ3v) is 7.76. The van der Waals surface area contributed by atoms with E-state index in [0.717, 1.165) is 40.6 Å². The topological polar surface area (TPSA) is 65.5 Å². The van der Waals surface area contributed by atoms with Crippen molar-refractivity contribution in [2.75, 3.05) is 13.7 Å². The lowest BCUT2D eigenvalue weighted by atomic mass is 9.98. The van der Waals surface area contributed by atoms with Crippen molar-refractivity contribution in [1.29, 1.82) is 0 Å². The van der Waals surface area contributed by atoms with Crippen LogP contribution in [-0.4, -0.2) is 31.3 Å². The second-order valence-corrected chi connectivity index (χ2v) is 15.6. The van der Waals surface area contributed by atoms with Crippen molar-refractivity contribution in [3.8, 4) is 22.6 Å². The van der Waals surface area contributed by atoms with Crippen LogP contribution < -0.4 is 10.3 Å². The molecule has 0 saturated heterocycles. The molecule has 4 rings (SSSR count). The van der Waals surface area contributed by atoms with Gasteiger partial charge in [0.15, 0.2) is 0 Å². The molecule has 2 aromatic carbocycles. The fraction of sp³-hybridized carbons (Fsp3) is 0.321. The molecule has 0 fully saturated rings. The van der Waals surface area contributed by atoms with E-state index in [-0.39, 0.29) is 12.2 Å². The summed E-state index contributed by atoms with van der Waals surface area (Å²) in [5.41, 5.74) is 3.25. The van der Waals surface area contributed by atoms with E-state index in [1.807, 2.05) is 72.3 Å². The number of benzene rings is 2.